The Morgan fingerprint density at radius 1 is 1.08 bits per heavy atom. The van der Waals surface area contributed by atoms with E-state index in [1.54, 1.807) is 18.2 Å². The fourth-order valence-electron chi connectivity index (χ4n) is 3.10. The largest absolute Gasteiger partial charge is 0.468 e. The average molecular weight is 359 g/mol. The van der Waals surface area contributed by atoms with Crippen LogP contribution in [-0.4, -0.2) is 31.8 Å². The summed E-state index contributed by atoms with van der Waals surface area (Å²) in [6.07, 6.45) is 0.312. The molecule has 0 aliphatic carbocycles. The molecule has 0 N–H and O–H groups in total. The highest BCUT2D eigenvalue weighted by atomic mass is 32.2. The fourth-order valence-corrected chi connectivity index (χ4v) is 4.74. The van der Waals surface area contributed by atoms with Gasteiger partial charge in [-0.2, -0.15) is 4.31 Å². The summed E-state index contributed by atoms with van der Waals surface area (Å²) in [6.45, 7) is 3.96. The van der Waals surface area contributed by atoms with Gasteiger partial charge < -0.3 is 4.74 Å². The lowest BCUT2D eigenvalue weighted by Gasteiger charge is -2.34. The van der Waals surface area contributed by atoms with E-state index in [1.807, 2.05) is 38.1 Å². The van der Waals surface area contributed by atoms with Crippen LogP contribution in [0.15, 0.2) is 47.4 Å². The summed E-state index contributed by atoms with van der Waals surface area (Å²) in [5.41, 5.74) is 3.81. The van der Waals surface area contributed by atoms with Gasteiger partial charge in [0, 0.05) is 13.0 Å². The highest BCUT2D eigenvalue weighted by molar-refractivity contribution is 7.89. The first-order valence-electron chi connectivity index (χ1n) is 8.08. The molecule has 132 valence electrons. The minimum absolute atomic E-state index is 0.158. The molecule has 2 aromatic rings. The number of hydrogen-bond donors (Lipinski definition) is 0. The normalized spacial score (nSPS) is 17.8. The predicted molar refractivity (Wildman–Crippen MR) is 94.6 cm³/mol. The van der Waals surface area contributed by atoms with Gasteiger partial charge >= 0.3 is 5.97 Å². The Morgan fingerprint density at radius 3 is 2.40 bits per heavy atom. The molecule has 1 aliphatic rings. The van der Waals surface area contributed by atoms with Gasteiger partial charge in [-0.05, 0) is 48.2 Å². The highest BCUT2D eigenvalue weighted by Gasteiger charge is 2.40. The number of hydrogen-bond acceptors (Lipinski definition) is 4. The number of carbonyl (C=O) groups is 1. The van der Waals surface area contributed by atoms with Crippen LogP contribution in [0.4, 0.5) is 0 Å². The van der Waals surface area contributed by atoms with Crippen LogP contribution in [0.2, 0.25) is 0 Å². The summed E-state index contributed by atoms with van der Waals surface area (Å²) in [4.78, 5) is 12.5. The standard InChI is InChI=1S/C19H21NO4S/c1-13-8-9-17(10-14(13)2)25(22,23)20-12-16-7-5-4-6-15(16)11-18(20)19(21)24-3/h4-10,18H,11-12H2,1-3H3/t18-/m1/s1. The minimum atomic E-state index is -3.82. The van der Waals surface area contributed by atoms with Crippen molar-refractivity contribution in [3.05, 3.63) is 64.7 Å². The number of carbonyl (C=O) groups excluding carboxylic acids is 1. The van der Waals surface area contributed by atoms with E-state index in [0.29, 0.717) is 6.42 Å². The van der Waals surface area contributed by atoms with E-state index >= 15 is 0 Å². The Kier molecular flexibility index (Phi) is 4.67. The molecule has 0 bridgehead atoms. The quantitative estimate of drug-likeness (QED) is 0.790. The zero-order valence-corrected chi connectivity index (χ0v) is 15.3. The van der Waals surface area contributed by atoms with Crippen molar-refractivity contribution >= 4 is 16.0 Å². The number of fused-ring (bicyclic) bond motifs is 1. The van der Waals surface area contributed by atoms with Crippen LogP contribution >= 0.6 is 0 Å². The van der Waals surface area contributed by atoms with Gasteiger partial charge in [0.2, 0.25) is 10.0 Å². The molecule has 1 atom stereocenters. The average Bonchev–Trinajstić information content (AvgIpc) is 2.62. The maximum absolute atomic E-state index is 13.2. The van der Waals surface area contributed by atoms with E-state index in [-0.39, 0.29) is 11.4 Å². The molecule has 0 amide bonds. The summed E-state index contributed by atoms with van der Waals surface area (Å²) in [7, 11) is -2.53. The maximum Gasteiger partial charge on any atom is 0.324 e. The first kappa shape index (κ1) is 17.6. The number of rotatable bonds is 3. The summed E-state index contributed by atoms with van der Waals surface area (Å²) in [5.74, 6) is -0.540. The molecular weight excluding hydrogens is 338 g/mol. The van der Waals surface area contributed by atoms with Crippen molar-refractivity contribution in [1.29, 1.82) is 0 Å². The Morgan fingerprint density at radius 2 is 1.76 bits per heavy atom. The number of esters is 1. The third-order valence-electron chi connectivity index (χ3n) is 4.76. The molecule has 1 aliphatic heterocycles. The molecule has 25 heavy (non-hydrogen) atoms. The monoisotopic (exact) mass is 359 g/mol. The Bertz CT molecular complexity index is 921. The third-order valence-corrected chi connectivity index (χ3v) is 6.61. The minimum Gasteiger partial charge on any atom is -0.468 e. The van der Waals surface area contributed by atoms with Gasteiger partial charge in [0.15, 0.2) is 0 Å². The van der Waals surface area contributed by atoms with Crippen molar-refractivity contribution < 1.29 is 17.9 Å². The van der Waals surface area contributed by atoms with Crippen LogP contribution in [0.3, 0.4) is 0 Å². The number of ether oxygens (including phenoxy) is 1. The van der Waals surface area contributed by atoms with Gasteiger partial charge in [-0.25, -0.2) is 8.42 Å². The third kappa shape index (κ3) is 3.19. The van der Waals surface area contributed by atoms with Crippen LogP contribution in [0, 0.1) is 13.8 Å². The summed E-state index contributed by atoms with van der Waals surface area (Å²) in [6, 6.07) is 11.8. The van der Waals surface area contributed by atoms with Gasteiger partial charge in [0.05, 0.1) is 12.0 Å². The van der Waals surface area contributed by atoms with Crippen molar-refractivity contribution in [2.75, 3.05) is 7.11 Å². The van der Waals surface area contributed by atoms with Gasteiger partial charge in [-0.1, -0.05) is 30.3 Å². The summed E-state index contributed by atoms with van der Waals surface area (Å²) < 4.78 is 32.5. The molecule has 5 nitrogen and oxygen atoms in total. The molecule has 0 saturated carbocycles. The predicted octanol–water partition coefficient (Wildman–Crippen LogP) is 2.59. The molecule has 0 radical (unpaired) electrons. The summed E-state index contributed by atoms with van der Waals surface area (Å²) in [5, 5.41) is 0. The van der Waals surface area contributed by atoms with E-state index in [0.717, 1.165) is 22.3 Å². The zero-order chi connectivity index (χ0) is 18.2. The Labute approximate surface area is 148 Å². The smallest absolute Gasteiger partial charge is 0.324 e. The van der Waals surface area contributed by atoms with Crippen LogP contribution in [0.1, 0.15) is 22.3 Å². The van der Waals surface area contributed by atoms with Gasteiger partial charge in [-0.15, -0.1) is 0 Å². The van der Waals surface area contributed by atoms with Crippen LogP contribution in [0.5, 0.6) is 0 Å². The molecule has 1 heterocycles. The van der Waals surface area contributed by atoms with E-state index in [1.165, 1.54) is 11.4 Å². The zero-order valence-electron chi connectivity index (χ0n) is 14.5. The maximum atomic E-state index is 13.2. The van der Waals surface area contributed by atoms with Gasteiger partial charge in [-0.3, -0.25) is 4.79 Å². The number of nitrogens with zero attached hydrogens (tertiary/aromatic N) is 1. The Balaban J connectivity index is 2.08. The lowest BCUT2D eigenvalue weighted by molar-refractivity contribution is -0.145. The van der Waals surface area contributed by atoms with Crippen molar-refractivity contribution in [2.45, 2.75) is 37.8 Å². The molecule has 0 spiro atoms. The highest BCUT2D eigenvalue weighted by Crippen LogP contribution is 2.30. The van der Waals surface area contributed by atoms with Crippen molar-refractivity contribution in [1.82, 2.24) is 4.31 Å². The number of benzene rings is 2. The van der Waals surface area contributed by atoms with Crippen LogP contribution in [-0.2, 0) is 32.5 Å². The lowest BCUT2D eigenvalue weighted by atomic mass is 9.96. The molecule has 0 fully saturated rings. The second-order valence-electron chi connectivity index (χ2n) is 6.31. The lowest BCUT2D eigenvalue weighted by Crippen LogP contribution is -2.49. The van der Waals surface area contributed by atoms with Crippen molar-refractivity contribution in [3.8, 4) is 0 Å². The van der Waals surface area contributed by atoms with Crippen molar-refractivity contribution in [2.24, 2.45) is 0 Å². The van der Waals surface area contributed by atoms with Crippen LogP contribution < -0.4 is 0 Å². The van der Waals surface area contributed by atoms with E-state index < -0.39 is 22.0 Å². The second-order valence-corrected chi connectivity index (χ2v) is 8.20. The second kappa shape index (κ2) is 6.61. The van der Waals surface area contributed by atoms with Crippen molar-refractivity contribution in [3.63, 3.8) is 0 Å². The first-order valence-corrected chi connectivity index (χ1v) is 9.52. The van der Waals surface area contributed by atoms with Gasteiger partial charge in [0.1, 0.15) is 6.04 Å². The molecular formula is C19H21NO4S. The Hall–Kier alpha value is -2.18. The number of methoxy groups -OCH3 is 1. The van der Waals surface area contributed by atoms with Gasteiger partial charge in [0.25, 0.3) is 0 Å². The number of aryl methyl sites for hydroxylation is 2. The fraction of sp³-hybridized carbons (Fsp3) is 0.316. The topological polar surface area (TPSA) is 63.7 Å². The molecule has 0 saturated heterocycles. The van der Waals surface area contributed by atoms with Crippen LogP contribution in [0.25, 0.3) is 0 Å². The van der Waals surface area contributed by atoms with E-state index in [2.05, 4.69) is 0 Å². The molecule has 2 aromatic carbocycles. The molecule has 0 unspecified atom stereocenters. The molecule has 0 aromatic heterocycles. The summed E-state index contributed by atoms with van der Waals surface area (Å²) >= 11 is 0. The first-order chi connectivity index (χ1) is 11.8. The number of sulfonamides is 1. The van der Waals surface area contributed by atoms with E-state index in [4.69, 9.17) is 4.74 Å². The SMILES string of the molecule is COC(=O)[C@H]1Cc2ccccc2CN1S(=O)(=O)c1ccc(C)c(C)c1. The van der Waals surface area contributed by atoms with E-state index in [9.17, 15) is 13.2 Å². The molecule has 3 rings (SSSR count). The molecule has 6 heteroatoms.